The number of aromatic amines is 1. The lowest BCUT2D eigenvalue weighted by molar-refractivity contribution is -0.00370. The van der Waals surface area contributed by atoms with E-state index in [1.54, 1.807) is 0 Å². The Morgan fingerprint density at radius 3 is 2.85 bits per heavy atom. The summed E-state index contributed by atoms with van der Waals surface area (Å²) < 4.78 is 1.52. The van der Waals surface area contributed by atoms with E-state index in [1.807, 2.05) is 0 Å². The van der Waals surface area contributed by atoms with Crippen LogP contribution in [0.25, 0.3) is 11.2 Å². The number of H-pyrrole nitrogens is 1. The molecule has 0 bridgehead atoms. The van der Waals surface area contributed by atoms with Gasteiger partial charge in [-0.2, -0.15) is 4.98 Å². The van der Waals surface area contributed by atoms with Crippen molar-refractivity contribution in [1.82, 2.24) is 19.5 Å². The van der Waals surface area contributed by atoms with Crippen LogP contribution in [-0.2, 0) is 0 Å². The van der Waals surface area contributed by atoms with E-state index in [0.29, 0.717) is 6.42 Å². The van der Waals surface area contributed by atoms with Crippen molar-refractivity contribution in [3.8, 4) is 0 Å². The van der Waals surface area contributed by atoms with Crippen LogP contribution in [0.2, 0.25) is 0 Å². The van der Waals surface area contributed by atoms with Crippen molar-refractivity contribution >= 4 is 17.1 Å². The summed E-state index contributed by atoms with van der Waals surface area (Å²) in [5.74, 6) is -0.470. The molecular weight excluding hydrogens is 266 g/mol. The second kappa shape index (κ2) is 4.54. The minimum absolute atomic E-state index is 0.0454. The molecule has 1 aliphatic carbocycles. The summed E-state index contributed by atoms with van der Waals surface area (Å²) in [6, 6.07) is -0.513. The highest BCUT2D eigenvalue weighted by molar-refractivity contribution is 5.70. The summed E-state index contributed by atoms with van der Waals surface area (Å²) in [5.41, 5.74) is 5.42. The molecule has 0 radical (unpaired) electrons. The Morgan fingerprint density at radius 2 is 2.20 bits per heavy atom. The fourth-order valence-corrected chi connectivity index (χ4v) is 2.74. The number of nitrogen functional groups attached to an aromatic ring is 1. The number of hydrogen-bond acceptors (Lipinski definition) is 7. The van der Waals surface area contributed by atoms with Crippen LogP contribution in [0.15, 0.2) is 11.1 Å². The average molecular weight is 281 g/mol. The van der Waals surface area contributed by atoms with Gasteiger partial charge in [0.2, 0.25) is 5.95 Å². The molecule has 0 amide bonds. The van der Waals surface area contributed by atoms with Crippen LogP contribution in [0.1, 0.15) is 12.5 Å². The number of rotatable bonds is 2. The molecule has 0 spiro atoms. The summed E-state index contributed by atoms with van der Waals surface area (Å²) >= 11 is 0. The van der Waals surface area contributed by atoms with Gasteiger partial charge in [-0.25, -0.2) is 4.98 Å². The zero-order valence-corrected chi connectivity index (χ0v) is 10.5. The molecule has 0 saturated heterocycles. The van der Waals surface area contributed by atoms with Gasteiger partial charge in [-0.05, 0) is 6.42 Å². The molecule has 20 heavy (non-hydrogen) atoms. The Labute approximate surface area is 112 Å². The Bertz CT molecular complexity index is 696. The number of imidazole rings is 1. The number of anilines is 1. The van der Waals surface area contributed by atoms with E-state index in [1.165, 1.54) is 10.9 Å². The zero-order valence-electron chi connectivity index (χ0n) is 10.5. The topological polar surface area (TPSA) is 150 Å². The number of fused-ring (bicyclic) bond motifs is 1. The Kier molecular flexibility index (Phi) is 2.96. The van der Waals surface area contributed by atoms with Gasteiger partial charge in [-0.15, -0.1) is 0 Å². The first kappa shape index (κ1) is 13.0. The van der Waals surface area contributed by atoms with Gasteiger partial charge >= 0.3 is 0 Å². The molecule has 2 heterocycles. The van der Waals surface area contributed by atoms with Crippen LogP contribution in [0.4, 0.5) is 5.95 Å². The minimum Gasteiger partial charge on any atom is -0.396 e. The summed E-state index contributed by atoms with van der Waals surface area (Å²) in [7, 11) is 0. The maximum atomic E-state index is 11.7. The third-order valence-corrected chi connectivity index (χ3v) is 3.81. The lowest BCUT2D eigenvalue weighted by Crippen LogP contribution is -2.30. The number of nitrogens with two attached hydrogens (primary N) is 1. The van der Waals surface area contributed by atoms with Gasteiger partial charge in [0, 0.05) is 12.5 Å². The molecule has 3 rings (SSSR count). The van der Waals surface area contributed by atoms with Crippen LogP contribution in [0, 0.1) is 5.92 Å². The van der Waals surface area contributed by atoms with Crippen LogP contribution < -0.4 is 11.3 Å². The summed E-state index contributed by atoms with van der Waals surface area (Å²) in [6.45, 7) is -0.225. The first-order valence-electron chi connectivity index (χ1n) is 6.22. The lowest BCUT2D eigenvalue weighted by atomic mass is 10.1. The van der Waals surface area contributed by atoms with Gasteiger partial charge in [0.1, 0.15) is 6.10 Å². The van der Waals surface area contributed by atoms with E-state index in [4.69, 9.17) is 5.73 Å². The van der Waals surface area contributed by atoms with E-state index in [2.05, 4.69) is 15.0 Å². The Balaban J connectivity index is 2.09. The predicted octanol–water partition coefficient (Wildman–Crippen LogP) is -2.02. The second-order valence-corrected chi connectivity index (χ2v) is 5.00. The number of nitrogens with zero attached hydrogens (tertiary/aromatic N) is 3. The fourth-order valence-electron chi connectivity index (χ4n) is 2.74. The van der Waals surface area contributed by atoms with E-state index in [-0.39, 0.29) is 23.7 Å². The highest BCUT2D eigenvalue weighted by atomic mass is 16.3. The summed E-state index contributed by atoms with van der Waals surface area (Å²) in [4.78, 5) is 22.0. The Hall–Kier alpha value is -1.97. The highest BCUT2D eigenvalue weighted by Crippen LogP contribution is 2.36. The molecule has 0 unspecified atom stereocenters. The van der Waals surface area contributed by atoms with E-state index >= 15 is 0 Å². The van der Waals surface area contributed by atoms with Crippen molar-refractivity contribution in [2.75, 3.05) is 12.3 Å². The third-order valence-electron chi connectivity index (χ3n) is 3.81. The molecule has 1 fully saturated rings. The average Bonchev–Trinajstić information content (AvgIpc) is 2.93. The van der Waals surface area contributed by atoms with Crippen molar-refractivity contribution < 1.29 is 15.3 Å². The molecule has 2 aromatic rings. The van der Waals surface area contributed by atoms with Crippen molar-refractivity contribution in [2.45, 2.75) is 24.7 Å². The van der Waals surface area contributed by atoms with Crippen molar-refractivity contribution in [2.24, 2.45) is 5.92 Å². The fraction of sp³-hybridized carbons (Fsp3) is 0.545. The first-order chi connectivity index (χ1) is 9.52. The maximum absolute atomic E-state index is 11.7. The lowest BCUT2D eigenvalue weighted by Gasteiger charge is -2.18. The van der Waals surface area contributed by atoms with Crippen molar-refractivity contribution in [3.63, 3.8) is 0 Å². The van der Waals surface area contributed by atoms with Crippen molar-refractivity contribution in [3.05, 3.63) is 16.7 Å². The van der Waals surface area contributed by atoms with Gasteiger partial charge in [-0.1, -0.05) is 0 Å². The molecule has 1 saturated carbocycles. The third kappa shape index (κ3) is 1.79. The molecule has 2 aromatic heterocycles. The molecular formula is C11H15N5O4. The van der Waals surface area contributed by atoms with Crippen LogP contribution in [-0.4, -0.2) is 53.7 Å². The maximum Gasteiger partial charge on any atom is 0.280 e. The van der Waals surface area contributed by atoms with Crippen LogP contribution in [0.5, 0.6) is 0 Å². The number of hydrogen-bond donors (Lipinski definition) is 5. The number of nitrogens with one attached hydrogen (secondary N) is 1. The molecule has 1 aliphatic rings. The first-order valence-corrected chi connectivity index (χ1v) is 6.22. The second-order valence-electron chi connectivity index (χ2n) is 5.00. The molecule has 9 heteroatoms. The van der Waals surface area contributed by atoms with Crippen molar-refractivity contribution in [1.29, 1.82) is 0 Å². The zero-order chi connectivity index (χ0) is 14.4. The molecule has 108 valence electrons. The van der Waals surface area contributed by atoms with E-state index in [0.717, 1.165) is 0 Å². The standard InChI is InChI=1S/C11H15N5O4/c12-11-14-9-6(10(20)15-11)13-3-16(9)5-1-4(2-17)7(18)8(5)19/h3-5,7-8,17-19H,1-2H2,(H3,12,14,15,20)/t4-,5-,7+,8+/m0/s1. The van der Waals surface area contributed by atoms with Gasteiger partial charge in [0.25, 0.3) is 5.56 Å². The van der Waals surface area contributed by atoms with E-state index in [9.17, 15) is 20.1 Å². The van der Waals surface area contributed by atoms with Crippen LogP contribution in [0.3, 0.4) is 0 Å². The molecule has 4 atom stereocenters. The van der Waals surface area contributed by atoms with E-state index < -0.39 is 29.7 Å². The highest BCUT2D eigenvalue weighted by Gasteiger charge is 2.42. The number of aliphatic hydroxyl groups is 3. The van der Waals surface area contributed by atoms with Gasteiger partial charge in [0.15, 0.2) is 11.2 Å². The predicted molar refractivity (Wildman–Crippen MR) is 68.8 cm³/mol. The normalized spacial score (nSPS) is 30.1. The molecule has 0 aromatic carbocycles. The van der Waals surface area contributed by atoms with Gasteiger partial charge in [0.05, 0.1) is 18.5 Å². The number of aliphatic hydroxyl groups excluding tert-OH is 3. The minimum atomic E-state index is -1.06. The summed E-state index contributed by atoms with van der Waals surface area (Å²) in [6.07, 6.45) is -0.348. The van der Waals surface area contributed by atoms with Crippen LogP contribution >= 0.6 is 0 Å². The largest absolute Gasteiger partial charge is 0.396 e. The summed E-state index contributed by atoms with van der Waals surface area (Å²) in [5, 5.41) is 29.1. The smallest absolute Gasteiger partial charge is 0.280 e. The van der Waals surface area contributed by atoms with Gasteiger partial charge < -0.3 is 25.6 Å². The number of aromatic nitrogens is 4. The van der Waals surface area contributed by atoms with Gasteiger partial charge in [-0.3, -0.25) is 9.78 Å². The SMILES string of the molecule is Nc1nc2c(ncn2[C@H]2C[C@@H](CO)[C@@H](O)[C@@H]2O)c(=O)[nH]1. The molecule has 6 N–H and O–H groups in total. The molecule has 0 aliphatic heterocycles. The molecule has 9 nitrogen and oxygen atoms in total. The quantitative estimate of drug-likeness (QED) is 0.426. The monoisotopic (exact) mass is 281 g/mol. The Morgan fingerprint density at radius 1 is 1.45 bits per heavy atom.